The number of rotatable bonds is 5. The topological polar surface area (TPSA) is 43.0 Å². The molecule has 0 aliphatic rings. The van der Waals surface area contributed by atoms with E-state index in [9.17, 15) is 0 Å². The first-order valence-corrected chi connectivity index (χ1v) is 6.05. The number of hydrogen-bond donors (Lipinski definition) is 1. The maximum atomic E-state index is 5.74. The first kappa shape index (κ1) is 11.9. The predicted octanol–water partition coefficient (Wildman–Crippen LogP) is 2.66. The predicted molar refractivity (Wildman–Crippen MR) is 67.6 cm³/mol. The lowest BCUT2D eigenvalue weighted by molar-refractivity contribution is 0.471. The molecule has 4 nitrogen and oxygen atoms in total. The molecule has 0 atom stereocenters. The Morgan fingerprint density at radius 1 is 1.35 bits per heavy atom. The highest BCUT2D eigenvalue weighted by atomic mass is 16.3. The molecule has 0 aliphatic carbocycles. The first-order valence-electron chi connectivity index (χ1n) is 6.05. The Morgan fingerprint density at radius 3 is 2.82 bits per heavy atom. The Bertz CT molecular complexity index is 470. The summed E-state index contributed by atoms with van der Waals surface area (Å²) in [6, 6.07) is 6.40. The summed E-state index contributed by atoms with van der Waals surface area (Å²) >= 11 is 0. The number of aromatic nitrogens is 2. The molecular weight excluding hydrogens is 214 g/mol. The summed E-state index contributed by atoms with van der Waals surface area (Å²) in [5.74, 6) is 1.78. The molecule has 0 bridgehead atoms. The highest BCUT2D eigenvalue weighted by Gasteiger charge is 2.07. The van der Waals surface area contributed by atoms with Crippen LogP contribution in [0.2, 0.25) is 0 Å². The van der Waals surface area contributed by atoms with Gasteiger partial charge in [-0.1, -0.05) is 13.8 Å². The summed E-state index contributed by atoms with van der Waals surface area (Å²) in [5, 5.41) is 7.73. The summed E-state index contributed by atoms with van der Waals surface area (Å²) < 4.78 is 7.63. The van der Waals surface area contributed by atoms with Gasteiger partial charge in [0.15, 0.2) is 5.76 Å². The third-order valence-electron chi connectivity index (χ3n) is 2.56. The quantitative estimate of drug-likeness (QED) is 0.863. The van der Waals surface area contributed by atoms with Gasteiger partial charge in [0.05, 0.1) is 6.54 Å². The molecule has 0 radical (unpaired) electrons. The van der Waals surface area contributed by atoms with Gasteiger partial charge >= 0.3 is 0 Å². The molecule has 0 amide bonds. The van der Waals surface area contributed by atoms with E-state index in [1.165, 1.54) is 0 Å². The van der Waals surface area contributed by atoms with E-state index in [1.54, 1.807) is 0 Å². The highest BCUT2D eigenvalue weighted by molar-refractivity contribution is 5.51. The average Bonchev–Trinajstić information content (AvgIpc) is 2.94. The van der Waals surface area contributed by atoms with Gasteiger partial charge in [-0.3, -0.25) is 4.68 Å². The van der Waals surface area contributed by atoms with Crippen molar-refractivity contribution in [2.45, 2.75) is 39.9 Å². The lowest BCUT2D eigenvalue weighted by Gasteiger charge is -2.04. The van der Waals surface area contributed by atoms with Crippen molar-refractivity contribution in [1.29, 1.82) is 0 Å². The van der Waals surface area contributed by atoms with Crippen LogP contribution in [-0.4, -0.2) is 15.8 Å². The Morgan fingerprint density at radius 2 is 2.18 bits per heavy atom. The number of nitrogens with one attached hydrogen (secondary N) is 1. The van der Waals surface area contributed by atoms with Crippen molar-refractivity contribution < 1.29 is 4.42 Å². The standard InChI is InChI=1S/C13H19N3O/c1-4-16-8-7-12(15-16)13-6-5-11(17-13)9-14-10(2)3/h5-8,10,14H,4,9H2,1-3H3. The van der Waals surface area contributed by atoms with Gasteiger partial charge in [-0.05, 0) is 25.1 Å². The van der Waals surface area contributed by atoms with Crippen LogP contribution in [-0.2, 0) is 13.1 Å². The van der Waals surface area contributed by atoms with E-state index >= 15 is 0 Å². The summed E-state index contributed by atoms with van der Waals surface area (Å²) in [5.41, 5.74) is 0.891. The zero-order valence-corrected chi connectivity index (χ0v) is 10.6. The Labute approximate surface area is 102 Å². The van der Waals surface area contributed by atoms with Gasteiger partial charge in [-0.15, -0.1) is 0 Å². The minimum absolute atomic E-state index is 0.461. The van der Waals surface area contributed by atoms with Gasteiger partial charge in [-0.2, -0.15) is 5.10 Å². The third kappa shape index (κ3) is 2.97. The average molecular weight is 233 g/mol. The minimum atomic E-state index is 0.461. The van der Waals surface area contributed by atoms with Crippen molar-refractivity contribution in [3.63, 3.8) is 0 Å². The molecule has 0 fully saturated rings. The van der Waals surface area contributed by atoms with Gasteiger partial charge in [-0.25, -0.2) is 0 Å². The fraction of sp³-hybridized carbons (Fsp3) is 0.462. The van der Waals surface area contributed by atoms with Gasteiger partial charge < -0.3 is 9.73 Å². The number of furan rings is 1. The Hall–Kier alpha value is -1.55. The molecule has 2 heterocycles. The van der Waals surface area contributed by atoms with E-state index < -0.39 is 0 Å². The van der Waals surface area contributed by atoms with E-state index in [-0.39, 0.29) is 0 Å². The Kier molecular flexibility index (Phi) is 3.64. The van der Waals surface area contributed by atoms with Gasteiger partial charge in [0.25, 0.3) is 0 Å². The van der Waals surface area contributed by atoms with Crippen molar-refractivity contribution >= 4 is 0 Å². The second kappa shape index (κ2) is 5.19. The van der Waals surface area contributed by atoms with E-state index in [1.807, 2.05) is 29.1 Å². The molecule has 1 N–H and O–H groups in total. The summed E-state index contributed by atoms with van der Waals surface area (Å²) in [4.78, 5) is 0. The second-order valence-electron chi connectivity index (χ2n) is 4.36. The van der Waals surface area contributed by atoms with Crippen LogP contribution in [0.3, 0.4) is 0 Å². The summed E-state index contributed by atoms with van der Waals surface area (Å²) in [6.07, 6.45) is 1.96. The van der Waals surface area contributed by atoms with Crippen LogP contribution in [0.25, 0.3) is 11.5 Å². The molecule has 0 unspecified atom stereocenters. The molecule has 2 aromatic rings. The van der Waals surface area contributed by atoms with Crippen molar-refractivity contribution in [1.82, 2.24) is 15.1 Å². The number of hydrogen-bond acceptors (Lipinski definition) is 3. The van der Waals surface area contributed by atoms with E-state index in [0.29, 0.717) is 6.04 Å². The molecule has 0 aliphatic heterocycles. The molecule has 17 heavy (non-hydrogen) atoms. The molecule has 2 aromatic heterocycles. The first-order chi connectivity index (χ1) is 8.19. The van der Waals surface area contributed by atoms with Crippen LogP contribution in [0.1, 0.15) is 26.5 Å². The molecule has 0 saturated carbocycles. The maximum absolute atomic E-state index is 5.74. The summed E-state index contributed by atoms with van der Waals surface area (Å²) in [6.45, 7) is 7.94. The van der Waals surface area contributed by atoms with Crippen LogP contribution in [0.4, 0.5) is 0 Å². The van der Waals surface area contributed by atoms with Crippen molar-refractivity contribution in [2.24, 2.45) is 0 Å². The van der Waals surface area contributed by atoms with Crippen LogP contribution in [0.15, 0.2) is 28.8 Å². The third-order valence-corrected chi connectivity index (χ3v) is 2.56. The van der Waals surface area contributed by atoms with Gasteiger partial charge in [0, 0.05) is 18.8 Å². The zero-order valence-electron chi connectivity index (χ0n) is 10.6. The molecular formula is C13H19N3O. The molecule has 0 spiro atoms. The summed E-state index contributed by atoms with van der Waals surface area (Å²) in [7, 11) is 0. The zero-order chi connectivity index (χ0) is 12.3. The highest BCUT2D eigenvalue weighted by Crippen LogP contribution is 2.20. The van der Waals surface area contributed by atoms with Crippen LogP contribution in [0.5, 0.6) is 0 Å². The second-order valence-corrected chi connectivity index (χ2v) is 4.36. The largest absolute Gasteiger partial charge is 0.458 e. The van der Waals surface area contributed by atoms with E-state index in [0.717, 1.165) is 30.3 Å². The van der Waals surface area contributed by atoms with Crippen LogP contribution < -0.4 is 5.32 Å². The molecule has 0 aromatic carbocycles. The maximum Gasteiger partial charge on any atom is 0.154 e. The minimum Gasteiger partial charge on any atom is -0.458 e. The lowest BCUT2D eigenvalue weighted by atomic mass is 10.3. The van der Waals surface area contributed by atoms with Crippen molar-refractivity contribution in [3.05, 3.63) is 30.2 Å². The fourth-order valence-electron chi connectivity index (χ4n) is 1.58. The number of nitrogens with zero attached hydrogens (tertiary/aromatic N) is 2. The monoisotopic (exact) mass is 233 g/mol. The molecule has 2 rings (SSSR count). The van der Waals surface area contributed by atoms with Crippen LogP contribution >= 0.6 is 0 Å². The van der Waals surface area contributed by atoms with Gasteiger partial charge in [0.2, 0.25) is 0 Å². The van der Waals surface area contributed by atoms with Gasteiger partial charge in [0.1, 0.15) is 11.5 Å². The Balaban J connectivity index is 2.07. The van der Waals surface area contributed by atoms with Crippen molar-refractivity contribution in [2.75, 3.05) is 0 Å². The normalized spacial score (nSPS) is 11.3. The molecule has 4 heteroatoms. The smallest absolute Gasteiger partial charge is 0.154 e. The lowest BCUT2D eigenvalue weighted by Crippen LogP contribution is -2.21. The SMILES string of the molecule is CCn1ccc(-c2ccc(CNC(C)C)o2)n1. The van der Waals surface area contributed by atoms with E-state index in [4.69, 9.17) is 4.42 Å². The van der Waals surface area contributed by atoms with Crippen molar-refractivity contribution in [3.8, 4) is 11.5 Å². The molecule has 92 valence electrons. The number of aryl methyl sites for hydroxylation is 1. The fourth-order valence-corrected chi connectivity index (χ4v) is 1.58. The van der Waals surface area contributed by atoms with Crippen LogP contribution in [0, 0.1) is 0 Å². The molecule has 0 saturated heterocycles. The van der Waals surface area contributed by atoms with E-state index in [2.05, 4.69) is 31.2 Å².